The fourth-order valence-corrected chi connectivity index (χ4v) is 3.36. The van der Waals surface area contributed by atoms with Gasteiger partial charge in [-0.05, 0) is 51.1 Å². The largest absolute Gasteiger partial charge is 0.355 e. The van der Waals surface area contributed by atoms with Gasteiger partial charge in [-0.1, -0.05) is 6.92 Å². The van der Waals surface area contributed by atoms with Crippen molar-refractivity contribution >= 4 is 5.91 Å². The Morgan fingerprint density at radius 1 is 1.28 bits per heavy atom. The zero-order valence-corrected chi connectivity index (χ0v) is 11.5. The van der Waals surface area contributed by atoms with E-state index < -0.39 is 0 Å². The third-order valence-corrected chi connectivity index (χ3v) is 4.28. The number of amides is 1. The molecule has 0 aromatic heterocycles. The lowest BCUT2D eigenvalue weighted by molar-refractivity contribution is -0.126. The number of nitrogens with one attached hydrogen (secondary N) is 1. The van der Waals surface area contributed by atoms with Gasteiger partial charge in [0.1, 0.15) is 0 Å². The third-order valence-electron chi connectivity index (χ3n) is 4.28. The van der Waals surface area contributed by atoms with Crippen LogP contribution in [0.15, 0.2) is 0 Å². The molecule has 3 atom stereocenters. The van der Waals surface area contributed by atoms with Gasteiger partial charge in [-0.3, -0.25) is 4.79 Å². The van der Waals surface area contributed by atoms with Gasteiger partial charge in [0.15, 0.2) is 0 Å². The highest BCUT2D eigenvalue weighted by molar-refractivity contribution is 5.78. The van der Waals surface area contributed by atoms with Crippen molar-refractivity contribution in [1.29, 1.82) is 0 Å². The van der Waals surface area contributed by atoms with Crippen molar-refractivity contribution in [3.8, 4) is 0 Å². The molecule has 1 amide bonds. The number of nitrogens with zero attached hydrogens (tertiary/aromatic N) is 1. The van der Waals surface area contributed by atoms with E-state index in [1.807, 2.05) is 0 Å². The molecule has 0 aromatic carbocycles. The summed E-state index contributed by atoms with van der Waals surface area (Å²) in [5, 5.41) is 3.08. The van der Waals surface area contributed by atoms with Crippen LogP contribution in [0.2, 0.25) is 0 Å². The number of rotatable bonds is 4. The second kappa shape index (κ2) is 6.53. The summed E-state index contributed by atoms with van der Waals surface area (Å²) >= 11 is 0. The molecule has 18 heavy (non-hydrogen) atoms. The maximum absolute atomic E-state index is 12.1. The Bertz CT molecular complexity index is 266. The average Bonchev–Trinajstić information content (AvgIpc) is 2.80. The number of carbonyl (C=O) groups excluding carboxylic acids is 1. The van der Waals surface area contributed by atoms with E-state index in [0.717, 1.165) is 32.4 Å². The predicted molar refractivity (Wildman–Crippen MR) is 73.2 cm³/mol. The van der Waals surface area contributed by atoms with Crippen molar-refractivity contribution < 1.29 is 4.79 Å². The van der Waals surface area contributed by atoms with Crippen molar-refractivity contribution in [3.63, 3.8) is 0 Å². The Labute approximate surface area is 110 Å². The molecular weight excluding hydrogens is 226 g/mol. The number of carbonyl (C=O) groups is 1. The standard InChI is InChI=1S/C14H27N3O/c1-11-8-12(10-13(15)9-11)14(18)16-4-7-17-5-2-3-6-17/h11-13H,2-10,15H2,1H3,(H,16,18). The van der Waals surface area contributed by atoms with Gasteiger partial charge in [0, 0.05) is 25.0 Å². The first kappa shape index (κ1) is 13.8. The van der Waals surface area contributed by atoms with Crippen LogP contribution in [-0.2, 0) is 4.79 Å². The number of likely N-dealkylation sites (tertiary alicyclic amines) is 1. The molecule has 2 aliphatic rings. The van der Waals surface area contributed by atoms with Crippen LogP contribution in [0.4, 0.5) is 0 Å². The quantitative estimate of drug-likeness (QED) is 0.784. The van der Waals surface area contributed by atoms with Crippen LogP contribution in [0.3, 0.4) is 0 Å². The molecule has 1 saturated heterocycles. The molecule has 3 N–H and O–H groups in total. The summed E-state index contributed by atoms with van der Waals surface area (Å²) in [6.45, 7) is 6.38. The summed E-state index contributed by atoms with van der Waals surface area (Å²) in [7, 11) is 0. The molecule has 1 heterocycles. The van der Waals surface area contributed by atoms with Crippen LogP contribution in [0.1, 0.15) is 39.0 Å². The van der Waals surface area contributed by atoms with E-state index in [4.69, 9.17) is 5.73 Å². The van der Waals surface area contributed by atoms with Crippen LogP contribution in [0.25, 0.3) is 0 Å². The van der Waals surface area contributed by atoms with E-state index in [1.54, 1.807) is 0 Å². The Morgan fingerprint density at radius 3 is 2.67 bits per heavy atom. The minimum atomic E-state index is 0.141. The van der Waals surface area contributed by atoms with Crippen LogP contribution < -0.4 is 11.1 Å². The highest BCUT2D eigenvalue weighted by atomic mass is 16.1. The lowest BCUT2D eigenvalue weighted by Gasteiger charge is -2.30. The normalized spacial score (nSPS) is 33.6. The Morgan fingerprint density at radius 2 is 2.00 bits per heavy atom. The zero-order valence-electron chi connectivity index (χ0n) is 11.5. The number of hydrogen-bond donors (Lipinski definition) is 2. The Balaban J connectivity index is 1.67. The van der Waals surface area contributed by atoms with E-state index in [2.05, 4.69) is 17.1 Å². The molecule has 1 aliphatic heterocycles. The van der Waals surface area contributed by atoms with Gasteiger partial charge in [0.05, 0.1) is 0 Å². The molecular formula is C14H27N3O. The summed E-state index contributed by atoms with van der Waals surface area (Å²) in [5.41, 5.74) is 5.99. The monoisotopic (exact) mass is 253 g/mol. The molecule has 0 bridgehead atoms. The van der Waals surface area contributed by atoms with Crippen LogP contribution >= 0.6 is 0 Å². The SMILES string of the molecule is CC1CC(N)CC(C(=O)NCCN2CCCC2)C1. The molecule has 2 fully saturated rings. The van der Waals surface area contributed by atoms with Gasteiger partial charge in [-0.15, -0.1) is 0 Å². The highest BCUT2D eigenvalue weighted by Crippen LogP contribution is 2.27. The molecule has 1 saturated carbocycles. The topological polar surface area (TPSA) is 58.4 Å². The van der Waals surface area contributed by atoms with E-state index >= 15 is 0 Å². The Kier molecular flexibility index (Phi) is 5.01. The van der Waals surface area contributed by atoms with Gasteiger partial charge in [-0.25, -0.2) is 0 Å². The van der Waals surface area contributed by atoms with Gasteiger partial charge in [0.25, 0.3) is 0 Å². The van der Waals surface area contributed by atoms with Gasteiger partial charge >= 0.3 is 0 Å². The van der Waals surface area contributed by atoms with Crippen molar-refractivity contribution in [2.75, 3.05) is 26.2 Å². The van der Waals surface area contributed by atoms with E-state index in [-0.39, 0.29) is 17.9 Å². The Hall–Kier alpha value is -0.610. The smallest absolute Gasteiger partial charge is 0.223 e. The summed E-state index contributed by atoms with van der Waals surface area (Å²) in [5.74, 6) is 0.946. The van der Waals surface area contributed by atoms with Crippen LogP contribution in [0.5, 0.6) is 0 Å². The molecule has 0 radical (unpaired) electrons. The maximum atomic E-state index is 12.1. The number of hydrogen-bond acceptors (Lipinski definition) is 3. The van der Waals surface area contributed by atoms with Gasteiger partial charge in [-0.2, -0.15) is 0 Å². The molecule has 1 aliphatic carbocycles. The van der Waals surface area contributed by atoms with Gasteiger partial charge in [0.2, 0.25) is 5.91 Å². The molecule has 4 nitrogen and oxygen atoms in total. The van der Waals surface area contributed by atoms with Crippen molar-refractivity contribution in [1.82, 2.24) is 10.2 Å². The lowest BCUT2D eigenvalue weighted by Crippen LogP contribution is -2.42. The molecule has 3 unspecified atom stereocenters. The average molecular weight is 253 g/mol. The first-order valence-corrected chi connectivity index (χ1v) is 7.41. The second-order valence-electron chi connectivity index (χ2n) is 6.11. The number of nitrogens with two attached hydrogens (primary N) is 1. The summed E-state index contributed by atoms with van der Waals surface area (Å²) in [6, 6.07) is 0.211. The molecule has 104 valence electrons. The third kappa shape index (κ3) is 3.95. The summed E-state index contributed by atoms with van der Waals surface area (Å²) < 4.78 is 0. The second-order valence-corrected chi connectivity index (χ2v) is 6.11. The first-order valence-electron chi connectivity index (χ1n) is 7.41. The molecule has 0 aromatic rings. The minimum absolute atomic E-state index is 0.141. The van der Waals surface area contributed by atoms with Crippen molar-refractivity contribution in [2.24, 2.45) is 17.6 Å². The zero-order chi connectivity index (χ0) is 13.0. The summed E-state index contributed by atoms with van der Waals surface area (Å²) in [4.78, 5) is 14.5. The van der Waals surface area contributed by atoms with Gasteiger partial charge < -0.3 is 16.0 Å². The van der Waals surface area contributed by atoms with Crippen molar-refractivity contribution in [3.05, 3.63) is 0 Å². The van der Waals surface area contributed by atoms with Crippen LogP contribution in [0, 0.1) is 11.8 Å². The molecule has 4 heteroatoms. The summed E-state index contributed by atoms with van der Waals surface area (Å²) in [6.07, 6.45) is 5.55. The minimum Gasteiger partial charge on any atom is -0.355 e. The van der Waals surface area contributed by atoms with E-state index in [9.17, 15) is 4.79 Å². The molecule has 0 spiro atoms. The predicted octanol–water partition coefficient (Wildman–Crippen LogP) is 0.962. The molecule has 2 rings (SSSR count). The fourth-order valence-electron chi connectivity index (χ4n) is 3.36. The van der Waals surface area contributed by atoms with Crippen LogP contribution in [-0.4, -0.2) is 43.0 Å². The van der Waals surface area contributed by atoms with E-state index in [0.29, 0.717) is 5.92 Å². The maximum Gasteiger partial charge on any atom is 0.223 e. The lowest BCUT2D eigenvalue weighted by atomic mass is 9.79. The van der Waals surface area contributed by atoms with Crippen molar-refractivity contribution in [2.45, 2.75) is 45.1 Å². The van der Waals surface area contributed by atoms with E-state index in [1.165, 1.54) is 25.9 Å². The fraction of sp³-hybridized carbons (Fsp3) is 0.929. The first-order chi connectivity index (χ1) is 8.65. The highest BCUT2D eigenvalue weighted by Gasteiger charge is 2.29.